The van der Waals surface area contributed by atoms with Crippen LogP contribution in [-0.2, 0) is 13.1 Å². The van der Waals surface area contributed by atoms with Gasteiger partial charge in [0, 0.05) is 31.2 Å². The van der Waals surface area contributed by atoms with Gasteiger partial charge in [-0.1, -0.05) is 30.3 Å². The van der Waals surface area contributed by atoms with Crippen molar-refractivity contribution in [2.45, 2.75) is 20.0 Å². The zero-order valence-corrected chi connectivity index (χ0v) is 16.4. The van der Waals surface area contributed by atoms with E-state index < -0.39 is 0 Å². The van der Waals surface area contributed by atoms with E-state index in [9.17, 15) is 9.59 Å². The van der Waals surface area contributed by atoms with Gasteiger partial charge in [0.2, 0.25) is 0 Å². The van der Waals surface area contributed by atoms with Crippen molar-refractivity contribution >= 4 is 5.91 Å². The van der Waals surface area contributed by atoms with E-state index >= 15 is 0 Å². The summed E-state index contributed by atoms with van der Waals surface area (Å²) in [6, 6.07) is 16.0. The average Bonchev–Trinajstić information content (AvgIpc) is 3.20. The van der Waals surface area contributed by atoms with Crippen LogP contribution in [0.5, 0.6) is 0 Å². The molecule has 0 saturated carbocycles. The Morgan fingerprint density at radius 1 is 1.00 bits per heavy atom. The average molecular weight is 400 g/mol. The summed E-state index contributed by atoms with van der Waals surface area (Å²) in [6.07, 6.45) is 5.23. The molecule has 30 heavy (non-hydrogen) atoms. The Hall–Kier alpha value is -4.07. The largest absolute Gasteiger partial charge is 0.347 e. The number of pyridine rings is 1. The number of rotatable bonds is 6. The highest BCUT2D eigenvalue weighted by Gasteiger charge is 2.11. The van der Waals surface area contributed by atoms with Crippen molar-refractivity contribution in [2.75, 3.05) is 0 Å². The zero-order chi connectivity index (χ0) is 20.9. The first-order valence-electron chi connectivity index (χ1n) is 9.46. The standard InChI is InChI=1S/C22H20N6O2/c1-16-23-11-12-27(16)20-13-18(9-10-24-20)14-25-22(30)19-7-8-21(29)28(26-19)15-17-5-3-2-4-6-17/h2-13H,14-15H2,1H3,(H,25,30). The van der Waals surface area contributed by atoms with Gasteiger partial charge in [-0.25, -0.2) is 14.6 Å². The fraction of sp³-hybridized carbons (Fsp3) is 0.136. The molecule has 0 bridgehead atoms. The molecule has 0 radical (unpaired) electrons. The van der Waals surface area contributed by atoms with Crippen LogP contribution in [-0.4, -0.2) is 30.2 Å². The highest BCUT2D eigenvalue weighted by molar-refractivity contribution is 5.91. The van der Waals surface area contributed by atoms with Gasteiger partial charge >= 0.3 is 0 Å². The molecule has 0 aliphatic heterocycles. The molecule has 1 amide bonds. The number of hydrogen-bond acceptors (Lipinski definition) is 5. The van der Waals surface area contributed by atoms with Crippen molar-refractivity contribution in [1.29, 1.82) is 0 Å². The van der Waals surface area contributed by atoms with E-state index in [1.165, 1.54) is 16.8 Å². The minimum atomic E-state index is -0.353. The van der Waals surface area contributed by atoms with Crippen molar-refractivity contribution in [3.63, 3.8) is 0 Å². The summed E-state index contributed by atoms with van der Waals surface area (Å²) in [4.78, 5) is 33.2. The summed E-state index contributed by atoms with van der Waals surface area (Å²) < 4.78 is 3.16. The minimum absolute atomic E-state index is 0.185. The Bertz CT molecular complexity index is 1230. The van der Waals surface area contributed by atoms with Crippen LogP contribution < -0.4 is 10.9 Å². The molecule has 1 aromatic carbocycles. The predicted molar refractivity (Wildman–Crippen MR) is 111 cm³/mol. The number of carbonyl (C=O) groups excluding carboxylic acids is 1. The number of aromatic nitrogens is 5. The summed E-state index contributed by atoms with van der Waals surface area (Å²) in [5.74, 6) is 1.20. The molecule has 0 atom stereocenters. The number of nitrogens with zero attached hydrogens (tertiary/aromatic N) is 5. The Balaban J connectivity index is 1.46. The second-order valence-corrected chi connectivity index (χ2v) is 6.75. The van der Waals surface area contributed by atoms with E-state index in [2.05, 4.69) is 20.4 Å². The normalized spacial score (nSPS) is 10.7. The number of imidazole rings is 1. The maximum absolute atomic E-state index is 12.6. The van der Waals surface area contributed by atoms with Crippen molar-refractivity contribution in [3.05, 3.63) is 106 Å². The third kappa shape index (κ3) is 4.33. The van der Waals surface area contributed by atoms with Crippen LogP contribution in [0.15, 0.2) is 78.0 Å². The van der Waals surface area contributed by atoms with Crippen LogP contribution in [0, 0.1) is 6.92 Å². The summed E-state index contributed by atoms with van der Waals surface area (Å²) in [7, 11) is 0. The van der Waals surface area contributed by atoms with Gasteiger partial charge in [0.25, 0.3) is 11.5 Å². The van der Waals surface area contributed by atoms with Crippen LogP contribution in [0.2, 0.25) is 0 Å². The molecule has 0 aliphatic rings. The van der Waals surface area contributed by atoms with Crippen molar-refractivity contribution in [3.8, 4) is 5.82 Å². The maximum atomic E-state index is 12.6. The smallest absolute Gasteiger partial charge is 0.271 e. The van der Waals surface area contributed by atoms with Crippen LogP contribution in [0.25, 0.3) is 5.82 Å². The lowest BCUT2D eigenvalue weighted by Crippen LogP contribution is -2.29. The van der Waals surface area contributed by atoms with Crippen LogP contribution >= 0.6 is 0 Å². The number of benzene rings is 1. The van der Waals surface area contributed by atoms with Crippen LogP contribution in [0.4, 0.5) is 0 Å². The van der Waals surface area contributed by atoms with Gasteiger partial charge in [-0.2, -0.15) is 5.10 Å². The number of carbonyl (C=O) groups is 1. The van der Waals surface area contributed by atoms with Gasteiger partial charge in [-0.05, 0) is 36.2 Å². The first-order chi connectivity index (χ1) is 14.6. The van der Waals surface area contributed by atoms with Gasteiger partial charge in [-0.15, -0.1) is 0 Å². The van der Waals surface area contributed by atoms with Gasteiger partial charge in [0.1, 0.15) is 17.3 Å². The quantitative estimate of drug-likeness (QED) is 0.535. The van der Waals surface area contributed by atoms with Gasteiger partial charge < -0.3 is 5.32 Å². The topological polar surface area (TPSA) is 94.7 Å². The van der Waals surface area contributed by atoms with Gasteiger partial charge in [0.05, 0.1) is 6.54 Å². The first-order valence-corrected chi connectivity index (χ1v) is 9.46. The van der Waals surface area contributed by atoms with Crippen molar-refractivity contribution in [1.82, 2.24) is 29.6 Å². The molecule has 0 unspecified atom stereocenters. The molecule has 4 rings (SSSR count). The highest BCUT2D eigenvalue weighted by Crippen LogP contribution is 2.09. The molecule has 3 heterocycles. The predicted octanol–water partition coefficient (Wildman–Crippen LogP) is 2.11. The lowest BCUT2D eigenvalue weighted by molar-refractivity contribution is 0.0943. The molecule has 0 spiro atoms. The fourth-order valence-electron chi connectivity index (χ4n) is 3.03. The second kappa shape index (κ2) is 8.52. The molecule has 0 saturated heterocycles. The molecule has 4 aromatic rings. The fourth-order valence-corrected chi connectivity index (χ4v) is 3.03. The van der Waals surface area contributed by atoms with E-state index in [-0.39, 0.29) is 17.2 Å². The van der Waals surface area contributed by atoms with E-state index in [0.717, 1.165) is 22.8 Å². The Morgan fingerprint density at radius 3 is 2.60 bits per heavy atom. The molecule has 0 aliphatic carbocycles. The second-order valence-electron chi connectivity index (χ2n) is 6.75. The SMILES string of the molecule is Cc1nccn1-c1cc(CNC(=O)c2ccc(=O)n(Cc3ccccc3)n2)ccn1. The number of hydrogen-bond donors (Lipinski definition) is 1. The Kier molecular flexibility index (Phi) is 5.47. The van der Waals surface area contributed by atoms with Crippen LogP contribution in [0.3, 0.4) is 0 Å². The summed E-state index contributed by atoms with van der Waals surface area (Å²) in [5.41, 5.74) is 1.75. The Labute approximate surface area is 172 Å². The van der Waals surface area contributed by atoms with Gasteiger partial charge in [-0.3, -0.25) is 14.2 Å². The molecule has 3 aromatic heterocycles. The van der Waals surface area contributed by atoms with Crippen molar-refractivity contribution in [2.24, 2.45) is 0 Å². The molecule has 1 N–H and O–H groups in total. The van der Waals surface area contributed by atoms with E-state index in [1.54, 1.807) is 12.4 Å². The third-order valence-corrected chi connectivity index (χ3v) is 4.61. The maximum Gasteiger partial charge on any atom is 0.271 e. The lowest BCUT2D eigenvalue weighted by Gasteiger charge is -2.09. The van der Waals surface area contributed by atoms with E-state index in [4.69, 9.17) is 0 Å². The summed E-state index contributed by atoms with van der Waals surface area (Å²) >= 11 is 0. The zero-order valence-electron chi connectivity index (χ0n) is 16.4. The minimum Gasteiger partial charge on any atom is -0.347 e. The monoisotopic (exact) mass is 400 g/mol. The molecular weight excluding hydrogens is 380 g/mol. The summed E-state index contributed by atoms with van der Waals surface area (Å²) in [5, 5.41) is 7.06. The van der Waals surface area contributed by atoms with Crippen LogP contribution in [0.1, 0.15) is 27.4 Å². The first kappa shape index (κ1) is 19.3. The highest BCUT2D eigenvalue weighted by atomic mass is 16.2. The number of aryl methyl sites for hydroxylation is 1. The number of amides is 1. The Morgan fingerprint density at radius 2 is 1.83 bits per heavy atom. The van der Waals surface area contributed by atoms with Gasteiger partial charge in [0.15, 0.2) is 0 Å². The van der Waals surface area contributed by atoms with Crippen molar-refractivity contribution < 1.29 is 4.79 Å². The molecular formula is C22H20N6O2. The molecule has 150 valence electrons. The third-order valence-electron chi connectivity index (χ3n) is 4.61. The molecule has 8 nitrogen and oxygen atoms in total. The molecule has 0 fully saturated rings. The lowest BCUT2D eigenvalue weighted by atomic mass is 10.2. The number of nitrogens with one attached hydrogen (secondary N) is 1. The summed E-state index contributed by atoms with van der Waals surface area (Å²) in [6.45, 7) is 2.51. The van der Waals surface area contributed by atoms with E-state index in [1.807, 2.05) is 60.2 Å². The molecule has 8 heteroatoms. The van der Waals surface area contributed by atoms with E-state index in [0.29, 0.717) is 13.1 Å².